The van der Waals surface area contributed by atoms with Crippen LogP contribution in [-0.4, -0.2) is 27.9 Å². The van der Waals surface area contributed by atoms with Crippen LogP contribution in [0.15, 0.2) is 78.0 Å². The molecule has 1 unspecified atom stereocenters. The van der Waals surface area contributed by atoms with Gasteiger partial charge in [-0.15, -0.1) is 10.2 Å². The van der Waals surface area contributed by atoms with Crippen molar-refractivity contribution in [1.29, 1.82) is 0 Å². The molecule has 2 amide bonds. The van der Waals surface area contributed by atoms with Crippen molar-refractivity contribution in [2.45, 2.75) is 44.1 Å². The minimum Gasteiger partial charge on any atom is -0.497 e. The Morgan fingerprint density at radius 3 is 2.53 bits per heavy atom. The van der Waals surface area contributed by atoms with Crippen molar-refractivity contribution in [3.05, 3.63) is 95.3 Å². The Labute approximate surface area is 216 Å². The number of aryl methyl sites for hydroxylation is 2. The van der Waals surface area contributed by atoms with Crippen LogP contribution in [0.25, 0.3) is 5.69 Å². The fourth-order valence-electron chi connectivity index (χ4n) is 3.80. The van der Waals surface area contributed by atoms with Crippen molar-refractivity contribution in [2.75, 3.05) is 12.4 Å². The van der Waals surface area contributed by atoms with E-state index in [0.29, 0.717) is 11.6 Å². The quantitative estimate of drug-likeness (QED) is 0.262. The number of nitrogens with one attached hydrogen (secondary N) is 2. The Bertz CT molecular complexity index is 1320. The van der Waals surface area contributed by atoms with Crippen molar-refractivity contribution in [1.82, 2.24) is 20.1 Å². The molecule has 8 heteroatoms. The van der Waals surface area contributed by atoms with Gasteiger partial charge in [0.2, 0.25) is 0 Å². The van der Waals surface area contributed by atoms with Crippen LogP contribution in [0.2, 0.25) is 0 Å². The highest BCUT2D eigenvalue weighted by Gasteiger charge is 2.21. The fourth-order valence-corrected chi connectivity index (χ4v) is 4.70. The molecule has 2 N–H and O–H groups in total. The van der Waals surface area contributed by atoms with E-state index in [4.69, 9.17) is 4.74 Å². The molecule has 0 spiro atoms. The van der Waals surface area contributed by atoms with E-state index in [-0.39, 0.29) is 12.1 Å². The molecule has 1 heterocycles. The third-order valence-corrected chi connectivity index (χ3v) is 6.78. The van der Waals surface area contributed by atoms with Crippen LogP contribution in [0, 0.1) is 6.92 Å². The smallest absolute Gasteiger partial charge is 0.319 e. The van der Waals surface area contributed by atoms with E-state index in [1.54, 1.807) is 18.9 Å². The molecule has 0 fully saturated rings. The summed E-state index contributed by atoms with van der Waals surface area (Å²) in [5, 5.41) is 15.6. The Hall–Kier alpha value is -3.78. The molecule has 0 saturated heterocycles. The normalized spacial score (nSPS) is 11.7. The van der Waals surface area contributed by atoms with Crippen LogP contribution >= 0.6 is 11.8 Å². The molecule has 36 heavy (non-hydrogen) atoms. The monoisotopic (exact) mass is 501 g/mol. The third-order valence-electron chi connectivity index (χ3n) is 5.78. The number of methoxy groups -OCH3 is 1. The van der Waals surface area contributed by atoms with Gasteiger partial charge in [0.1, 0.15) is 5.75 Å². The van der Waals surface area contributed by atoms with Crippen LogP contribution in [0.5, 0.6) is 5.75 Å². The predicted octanol–water partition coefficient (Wildman–Crippen LogP) is 6.32. The largest absolute Gasteiger partial charge is 0.497 e. The number of ether oxygens (including phenoxy) is 1. The molecule has 0 aliphatic rings. The first-order chi connectivity index (χ1) is 17.5. The average Bonchev–Trinajstić information content (AvgIpc) is 3.32. The molecule has 1 atom stereocenters. The molecule has 0 aliphatic carbocycles. The van der Waals surface area contributed by atoms with Gasteiger partial charge >= 0.3 is 6.03 Å². The molecule has 3 aromatic carbocycles. The molecule has 0 aliphatic heterocycles. The van der Waals surface area contributed by atoms with Gasteiger partial charge in [-0.05, 0) is 67.8 Å². The summed E-state index contributed by atoms with van der Waals surface area (Å²) < 4.78 is 7.36. The second kappa shape index (κ2) is 11.8. The zero-order valence-electron chi connectivity index (χ0n) is 21.0. The van der Waals surface area contributed by atoms with Gasteiger partial charge < -0.3 is 15.4 Å². The second-order valence-electron chi connectivity index (χ2n) is 8.53. The van der Waals surface area contributed by atoms with Crippen LogP contribution in [0.1, 0.15) is 42.4 Å². The van der Waals surface area contributed by atoms with Gasteiger partial charge in [-0.1, -0.05) is 60.6 Å². The van der Waals surface area contributed by atoms with Crippen LogP contribution in [0.3, 0.4) is 0 Å². The number of hydrogen-bond donors (Lipinski definition) is 2. The van der Waals surface area contributed by atoms with Crippen LogP contribution in [-0.2, 0) is 12.2 Å². The Morgan fingerprint density at radius 2 is 1.78 bits per heavy atom. The van der Waals surface area contributed by atoms with Gasteiger partial charge in [0, 0.05) is 17.1 Å². The third kappa shape index (κ3) is 6.26. The average molecular weight is 502 g/mol. The Morgan fingerprint density at radius 1 is 1.03 bits per heavy atom. The highest BCUT2D eigenvalue weighted by molar-refractivity contribution is 7.98. The van der Waals surface area contributed by atoms with E-state index in [9.17, 15) is 4.79 Å². The van der Waals surface area contributed by atoms with Crippen LogP contribution < -0.4 is 15.4 Å². The number of amides is 2. The van der Waals surface area contributed by atoms with Crippen molar-refractivity contribution < 1.29 is 9.53 Å². The Balaban J connectivity index is 1.55. The number of thioether (sulfide) groups is 1. The van der Waals surface area contributed by atoms with Crippen molar-refractivity contribution in [3.63, 3.8) is 0 Å². The minimum absolute atomic E-state index is 0.292. The van der Waals surface area contributed by atoms with Crippen LogP contribution in [0.4, 0.5) is 10.5 Å². The number of aromatic nitrogens is 3. The van der Waals surface area contributed by atoms with Gasteiger partial charge in [-0.25, -0.2) is 4.79 Å². The number of urea groups is 1. The molecule has 4 aromatic rings. The lowest BCUT2D eigenvalue weighted by molar-refractivity contribution is 0.249. The molecule has 0 radical (unpaired) electrons. The van der Waals surface area contributed by atoms with E-state index in [0.717, 1.165) is 39.8 Å². The first-order valence-electron chi connectivity index (χ1n) is 11.9. The molecule has 4 rings (SSSR count). The maximum Gasteiger partial charge on any atom is 0.319 e. The highest BCUT2D eigenvalue weighted by atomic mass is 32.2. The highest BCUT2D eigenvalue weighted by Crippen LogP contribution is 2.28. The first kappa shape index (κ1) is 25.3. The maximum absolute atomic E-state index is 12.8. The zero-order chi connectivity index (χ0) is 25.5. The molecular formula is C28H31N5O2S. The molecule has 0 bridgehead atoms. The van der Waals surface area contributed by atoms with Gasteiger partial charge in [0.05, 0.1) is 13.2 Å². The summed E-state index contributed by atoms with van der Waals surface area (Å²) in [4.78, 5) is 12.8. The SMILES string of the molecule is CCc1cccc(NC(=O)NC(C)c2nnc(SCc3cccc(OC)c3)n2-c2ccc(C)cc2)c1. The van der Waals surface area contributed by atoms with Gasteiger partial charge in [0.15, 0.2) is 11.0 Å². The van der Waals surface area contributed by atoms with Crippen molar-refractivity contribution in [3.8, 4) is 11.4 Å². The van der Waals surface area contributed by atoms with E-state index in [2.05, 4.69) is 52.9 Å². The number of carbonyl (C=O) groups excluding carboxylic acids is 1. The number of hydrogen-bond acceptors (Lipinski definition) is 5. The summed E-state index contributed by atoms with van der Waals surface area (Å²) in [6.07, 6.45) is 0.906. The molecule has 7 nitrogen and oxygen atoms in total. The lowest BCUT2D eigenvalue weighted by Crippen LogP contribution is -2.32. The number of rotatable bonds is 9. The molecule has 1 aromatic heterocycles. The van der Waals surface area contributed by atoms with Crippen molar-refractivity contribution >= 4 is 23.5 Å². The molecule has 0 saturated carbocycles. The summed E-state index contributed by atoms with van der Waals surface area (Å²) >= 11 is 1.59. The topological polar surface area (TPSA) is 81.1 Å². The zero-order valence-corrected chi connectivity index (χ0v) is 21.8. The summed E-state index contributed by atoms with van der Waals surface area (Å²) in [6.45, 7) is 6.05. The van der Waals surface area contributed by atoms with Gasteiger partial charge in [-0.2, -0.15) is 0 Å². The fraction of sp³-hybridized carbons (Fsp3) is 0.250. The van der Waals surface area contributed by atoms with E-state index in [1.807, 2.05) is 66.1 Å². The molecular weight excluding hydrogens is 470 g/mol. The number of carbonyl (C=O) groups is 1. The van der Waals surface area contributed by atoms with E-state index < -0.39 is 0 Å². The summed E-state index contributed by atoms with van der Waals surface area (Å²) in [6, 6.07) is 23.4. The van der Waals surface area contributed by atoms with E-state index >= 15 is 0 Å². The molecule has 186 valence electrons. The summed E-state index contributed by atoms with van der Waals surface area (Å²) in [7, 11) is 1.66. The van der Waals surface area contributed by atoms with Gasteiger partial charge in [0.25, 0.3) is 0 Å². The standard InChI is InChI=1S/C28H31N5O2S/c1-5-21-8-6-10-23(16-21)30-27(34)29-20(3)26-31-32-28(33(26)24-14-12-19(2)13-15-24)36-18-22-9-7-11-25(17-22)35-4/h6-17,20H,5,18H2,1-4H3,(H2,29,30,34). The minimum atomic E-state index is -0.376. The Kier molecular flexibility index (Phi) is 8.28. The predicted molar refractivity (Wildman–Crippen MR) is 145 cm³/mol. The number of benzene rings is 3. The maximum atomic E-state index is 12.8. The second-order valence-corrected chi connectivity index (χ2v) is 9.47. The lowest BCUT2D eigenvalue weighted by atomic mass is 10.1. The first-order valence-corrected chi connectivity index (χ1v) is 12.9. The van der Waals surface area contributed by atoms with E-state index in [1.165, 1.54) is 5.56 Å². The number of nitrogens with zero attached hydrogens (tertiary/aromatic N) is 3. The van der Waals surface area contributed by atoms with Gasteiger partial charge in [-0.3, -0.25) is 4.57 Å². The summed E-state index contributed by atoms with van der Waals surface area (Å²) in [5.74, 6) is 2.18. The lowest BCUT2D eigenvalue weighted by Gasteiger charge is -2.17. The summed E-state index contributed by atoms with van der Waals surface area (Å²) in [5.41, 5.74) is 5.16. The van der Waals surface area contributed by atoms with Crippen molar-refractivity contribution in [2.24, 2.45) is 0 Å². The number of anilines is 1.